The Hall–Kier alpha value is -4.17. The van der Waals surface area contributed by atoms with Gasteiger partial charge in [-0.15, -0.1) is 0 Å². The molecule has 44 heavy (non-hydrogen) atoms. The number of nitrogens with zero attached hydrogens (tertiary/aromatic N) is 5. The number of phosphoric ester groups is 2. The number of pyridine rings is 1. The lowest BCUT2D eigenvalue weighted by Gasteiger charge is -2.19. The van der Waals surface area contributed by atoms with Crippen molar-refractivity contribution in [2.45, 2.75) is 24.7 Å². The SMILES string of the molecule is Nc1ncnc2c1ncn2[C@@H]1O[C@H](COP(=O)(O)OP(=O)(O)OCC2O[C@@H]([n+]3cccc(C(=O)O)c3)C(O)=C2O)C(O)=C1O. The average Bonchev–Trinajstić information content (AvgIpc) is 3.61. The number of nitrogens with two attached hydrogens (primary N) is 1. The molecule has 2 aliphatic rings. The van der Waals surface area contributed by atoms with Crippen LogP contribution in [-0.2, 0) is 32.0 Å². The molecule has 0 fully saturated rings. The van der Waals surface area contributed by atoms with Gasteiger partial charge in [-0.05, 0) is 6.07 Å². The standard InChI is InChI=1S/C21H22N6O15P2/c22-17-12-18(24-7-23-17)27(8-25-12)20-16(31)14(29)11(41-20)6-39-44(36,37)42-43(34,35)38-5-10-13(28)15(30)19(40-10)26-3-1-2-9(4-26)21(32)33/h1-4,7-8,10-11,19-20H,5-6H2,(H8-,22,23,24,28,29,30,31,32,33,34,35,36,37)/p+1/t10?,11-,19-,20-/m1/s1. The second-order valence-electron chi connectivity index (χ2n) is 9.03. The number of carboxylic acid groups (broad SMARTS) is 1. The van der Waals surface area contributed by atoms with Crippen LogP contribution in [0.4, 0.5) is 5.82 Å². The number of aromatic nitrogens is 5. The van der Waals surface area contributed by atoms with Gasteiger partial charge in [0.25, 0.3) is 0 Å². The van der Waals surface area contributed by atoms with Gasteiger partial charge in [0, 0.05) is 6.07 Å². The number of ether oxygens (including phenoxy) is 2. The van der Waals surface area contributed by atoms with Gasteiger partial charge >= 0.3 is 27.8 Å². The molecule has 0 saturated carbocycles. The summed E-state index contributed by atoms with van der Waals surface area (Å²) in [5.74, 6) is -4.38. The van der Waals surface area contributed by atoms with Crippen LogP contribution in [-0.4, -0.2) is 86.2 Å². The molecule has 2 aliphatic heterocycles. The number of fused-ring (bicyclic) bond motifs is 1. The largest absolute Gasteiger partial charge is 0.506 e. The Morgan fingerprint density at radius 1 is 0.977 bits per heavy atom. The van der Waals surface area contributed by atoms with Gasteiger partial charge in [0.05, 0.1) is 19.5 Å². The molecule has 0 aromatic carbocycles. The predicted octanol–water partition coefficient (Wildman–Crippen LogP) is 0.795. The van der Waals surface area contributed by atoms with Crippen molar-refractivity contribution in [3.63, 3.8) is 0 Å². The number of rotatable bonds is 11. The fourth-order valence-electron chi connectivity index (χ4n) is 4.11. The van der Waals surface area contributed by atoms with E-state index < -0.39 is 82.5 Å². The molecular weight excluding hydrogens is 638 g/mol. The highest BCUT2D eigenvalue weighted by Crippen LogP contribution is 2.60. The van der Waals surface area contributed by atoms with Crippen LogP contribution in [0.1, 0.15) is 22.8 Å². The van der Waals surface area contributed by atoms with Crippen molar-refractivity contribution in [3.8, 4) is 0 Å². The molecule has 23 heteroatoms. The maximum absolute atomic E-state index is 12.4. The van der Waals surface area contributed by atoms with Gasteiger partial charge in [-0.25, -0.2) is 28.9 Å². The van der Waals surface area contributed by atoms with Crippen LogP contribution in [0, 0.1) is 0 Å². The van der Waals surface area contributed by atoms with Gasteiger partial charge < -0.3 is 50.5 Å². The van der Waals surface area contributed by atoms with Crippen LogP contribution >= 0.6 is 15.6 Å². The molecule has 3 unspecified atom stereocenters. The van der Waals surface area contributed by atoms with Crippen LogP contribution < -0.4 is 10.3 Å². The van der Waals surface area contributed by atoms with Gasteiger partial charge in [0.1, 0.15) is 29.6 Å². The number of aliphatic hydroxyl groups excluding tert-OH is 4. The van der Waals surface area contributed by atoms with Gasteiger partial charge in [-0.3, -0.25) is 13.6 Å². The van der Waals surface area contributed by atoms with E-state index in [-0.39, 0.29) is 22.5 Å². The van der Waals surface area contributed by atoms with Crippen molar-refractivity contribution >= 4 is 38.6 Å². The molecule has 6 atom stereocenters. The van der Waals surface area contributed by atoms with E-state index in [0.717, 1.165) is 17.1 Å². The van der Waals surface area contributed by atoms with Crippen LogP contribution in [0.5, 0.6) is 0 Å². The molecule has 0 spiro atoms. The van der Waals surface area contributed by atoms with Crippen LogP contribution in [0.2, 0.25) is 0 Å². The predicted molar refractivity (Wildman–Crippen MR) is 138 cm³/mol. The summed E-state index contributed by atoms with van der Waals surface area (Å²) in [6.07, 6.45) is -1.29. The van der Waals surface area contributed by atoms with Gasteiger partial charge in [0.2, 0.25) is 5.76 Å². The maximum Gasteiger partial charge on any atom is 0.481 e. The zero-order valence-corrected chi connectivity index (χ0v) is 23.6. The summed E-state index contributed by atoms with van der Waals surface area (Å²) in [7, 11) is -10.8. The molecule has 5 rings (SSSR count). The van der Waals surface area contributed by atoms with Crippen molar-refractivity contribution in [1.82, 2.24) is 19.5 Å². The Labute approximate surface area is 244 Å². The maximum atomic E-state index is 12.4. The highest BCUT2D eigenvalue weighted by atomic mass is 31.3. The zero-order chi connectivity index (χ0) is 32.0. The zero-order valence-electron chi connectivity index (χ0n) is 21.8. The van der Waals surface area contributed by atoms with Crippen molar-refractivity contribution in [2.75, 3.05) is 18.9 Å². The quantitative estimate of drug-likeness (QED) is 0.104. The summed E-state index contributed by atoms with van der Waals surface area (Å²) >= 11 is 0. The number of phosphoric acid groups is 2. The van der Waals surface area contributed by atoms with Gasteiger partial charge in [-0.2, -0.15) is 8.88 Å². The molecule has 236 valence electrons. The third kappa shape index (κ3) is 6.22. The number of carbonyl (C=O) groups is 1. The number of aliphatic hydroxyl groups is 4. The molecule has 0 saturated heterocycles. The Kier molecular flexibility index (Phi) is 8.33. The highest BCUT2D eigenvalue weighted by molar-refractivity contribution is 7.61. The van der Waals surface area contributed by atoms with E-state index in [9.17, 15) is 44.1 Å². The van der Waals surface area contributed by atoms with Gasteiger partial charge in [0.15, 0.2) is 47.4 Å². The molecule has 0 aliphatic carbocycles. The third-order valence-corrected chi connectivity index (χ3v) is 8.75. The lowest BCUT2D eigenvalue weighted by atomic mass is 10.2. The number of imidazole rings is 1. The number of hydrogen-bond donors (Lipinski definition) is 8. The number of nitrogen functional groups attached to an aromatic ring is 1. The normalized spacial score (nSPS) is 25.0. The van der Waals surface area contributed by atoms with Crippen molar-refractivity contribution in [2.24, 2.45) is 0 Å². The van der Waals surface area contributed by atoms with Crippen LogP contribution in [0.15, 0.2) is 60.2 Å². The van der Waals surface area contributed by atoms with E-state index in [1.807, 2.05) is 0 Å². The smallest absolute Gasteiger partial charge is 0.481 e. The molecule has 3 aromatic rings. The summed E-state index contributed by atoms with van der Waals surface area (Å²) in [4.78, 5) is 42.9. The average molecular weight is 661 g/mol. The monoisotopic (exact) mass is 661 g/mol. The fraction of sp³-hybridized carbons (Fsp3) is 0.286. The second kappa shape index (κ2) is 11.7. The first-order valence-electron chi connectivity index (χ1n) is 12.1. The molecule has 0 radical (unpaired) electrons. The minimum absolute atomic E-state index is 0.0279. The van der Waals surface area contributed by atoms with Crippen LogP contribution in [0.3, 0.4) is 0 Å². The summed E-state index contributed by atoms with van der Waals surface area (Å²) in [6.45, 7) is -1.96. The second-order valence-corrected chi connectivity index (χ2v) is 12.1. The van der Waals surface area contributed by atoms with E-state index in [0.29, 0.717) is 0 Å². The molecule has 3 aromatic heterocycles. The summed E-state index contributed by atoms with van der Waals surface area (Å²) in [6, 6.07) is 2.59. The van der Waals surface area contributed by atoms with Crippen molar-refractivity contribution < 1.29 is 76.6 Å². The number of aromatic carboxylic acids is 1. The first-order chi connectivity index (χ1) is 20.7. The minimum Gasteiger partial charge on any atom is -0.506 e. The summed E-state index contributed by atoms with van der Waals surface area (Å²) in [5.41, 5.74) is 5.84. The Bertz CT molecular complexity index is 1780. The number of hydrogen-bond acceptors (Lipinski definition) is 16. The van der Waals surface area contributed by atoms with Crippen molar-refractivity contribution in [1.29, 1.82) is 0 Å². The third-order valence-electron chi connectivity index (χ3n) is 6.15. The molecule has 21 nitrogen and oxygen atoms in total. The number of anilines is 1. The Morgan fingerprint density at radius 3 is 2.27 bits per heavy atom. The molecular formula is C21H23N6O15P2+. The van der Waals surface area contributed by atoms with E-state index in [2.05, 4.69) is 28.3 Å². The van der Waals surface area contributed by atoms with E-state index in [1.165, 1.54) is 29.2 Å². The summed E-state index contributed by atoms with van der Waals surface area (Å²) < 4.78 is 51.4. The Morgan fingerprint density at radius 2 is 1.61 bits per heavy atom. The Balaban J connectivity index is 1.17. The molecule has 5 heterocycles. The highest BCUT2D eigenvalue weighted by Gasteiger charge is 2.45. The summed E-state index contributed by atoms with van der Waals surface area (Å²) in [5, 5.41) is 50.2. The van der Waals surface area contributed by atoms with E-state index >= 15 is 0 Å². The van der Waals surface area contributed by atoms with E-state index in [1.54, 1.807) is 0 Å². The first-order valence-corrected chi connectivity index (χ1v) is 15.0. The van der Waals surface area contributed by atoms with Crippen molar-refractivity contribution in [3.05, 3.63) is 65.8 Å². The van der Waals surface area contributed by atoms with Gasteiger partial charge in [-0.1, -0.05) is 0 Å². The number of carboxylic acids is 1. The lowest BCUT2D eigenvalue weighted by Crippen LogP contribution is -2.41. The lowest BCUT2D eigenvalue weighted by molar-refractivity contribution is -0.755. The molecule has 0 amide bonds. The van der Waals surface area contributed by atoms with Crippen LogP contribution in [0.25, 0.3) is 11.2 Å². The van der Waals surface area contributed by atoms with E-state index in [4.69, 9.17) is 20.3 Å². The minimum atomic E-state index is -5.42. The first kappa shape index (κ1) is 31.3. The molecule has 9 N–H and O–H groups in total. The topological polar surface area (TPSA) is 312 Å². The molecule has 0 bridgehead atoms. The fourth-order valence-corrected chi connectivity index (χ4v) is 6.17.